The fraction of sp³-hybridized carbons (Fsp3) is 0.400. The van der Waals surface area contributed by atoms with Crippen molar-refractivity contribution in [2.45, 2.75) is 19.4 Å². The molecule has 1 atom stereocenters. The van der Waals surface area contributed by atoms with Gasteiger partial charge >= 0.3 is 0 Å². The molecular formula is C15H19N3S. The van der Waals surface area contributed by atoms with Crippen LogP contribution in [-0.2, 0) is 6.54 Å². The van der Waals surface area contributed by atoms with Gasteiger partial charge in [0.15, 0.2) is 0 Å². The van der Waals surface area contributed by atoms with Crippen LogP contribution in [0.3, 0.4) is 0 Å². The Labute approximate surface area is 118 Å². The summed E-state index contributed by atoms with van der Waals surface area (Å²) in [7, 11) is 2.18. The lowest BCUT2D eigenvalue weighted by atomic mass is 10.0. The minimum Gasteiger partial charge on any atom is -0.384 e. The van der Waals surface area contributed by atoms with Gasteiger partial charge in [0.25, 0.3) is 0 Å². The van der Waals surface area contributed by atoms with E-state index >= 15 is 0 Å². The maximum atomic E-state index is 4.53. The number of anilines is 1. The summed E-state index contributed by atoms with van der Waals surface area (Å²) < 4.78 is 0. The zero-order chi connectivity index (χ0) is 13.2. The Balaban J connectivity index is 1.63. The normalized spacial score (nSPS) is 17.5. The summed E-state index contributed by atoms with van der Waals surface area (Å²) in [5.74, 6) is 0.584. The molecule has 4 heteroatoms. The van der Waals surface area contributed by atoms with Gasteiger partial charge in [0.05, 0.1) is 10.7 Å². The lowest BCUT2D eigenvalue weighted by Gasteiger charge is -2.20. The molecule has 0 saturated heterocycles. The first-order chi connectivity index (χ1) is 9.22. The minimum atomic E-state index is 0.584. The van der Waals surface area contributed by atoms with Crippen LogP contribution in [0.1, 0.15) is 22.2 Å². The second kappa shape index (κ2) is 5.31. The molecule has 2 heterocycles. The summed E-state index contributed by atoms with van der Waals surface area (Å²) in [5.41, 5.74) is 3.93. The van der Waals surface area contributed by atoms with Gasteiger partial charge in [0.1, 0.15) is 0 Å². The van der Waals surface area contributed by atoms with Crippen LogP contribution in [0, 0.1) is 6.92 Å². The van der Waals surface area contributed by atoms with E-state index in [9.17, 15) is 0 Å². The van der Waals surface area contributed by atoms with Crippen LogP contribution in [0.15, 0.2) is 29.6 Å². The first-order valence-electron chi connectivity index (χ1n) is 6.65. The summed E-state index contributed by atoms with van der Waals surface area (Å²) in [6.07, 6.45) is 0. The second-order valence-corrected chi connectivity index (χ2v) is 6.28. The molecule has 0 aliphatic carbocycles. The molecule has 0 bridgehead atoms. The fourth-order valence-corrected chi connectivity index (χ4v) is 3.32. The third-order valence-electron chi connectivity index (χ3n) is 3.57. The minimum absolute atomic E-state index is 0.584. The summed E-state index contributed by atoms with van der Waals surface area (Å²) in [6, 6.07) is 8.62. The number of nitrogens with zero attached hydrogens (tertiary/aromatic N) is 2. The number of rotatable bonds is 4. The van der Waals surface area contributed by atoms with Crippen molar-refractivity contribution >= 4 is 17.0 Å². The lowest BCUT2D eigenvalue weighted by Crippen LogP contribution is -2.25. The molecule has 1 N–H and O–H groups in total. The maximum Gasteiger partial charge on any atom is 0.0897 e. The first kappa shape index (κ1) is 12.6. The van der Waals surface area contributed by atoms with Crippen molar-refractivity contribution in [1.82, 2.24) is 9.88 Å². The van der Waals surface area contributed by atoms with E-state index in [0.717, 1.165) is 24.6 Å². The highest BCUT2D eigenvalue weighted by Crippen LogP contribution is 2.31. The van der Waals surface area contributed by atoms with Gasteiger partial charge in [-0.2, -0.15) is 0 Å². The van der Waals surface area contributed by atoms with Crippen molar-refractivity contribution in [1.29, 1.82) is 0 Å². The highest BCUT2D eigenvalue weighted by Gasteiger charge is 2.22. The van der Waals surface area contributed by atoms with Crippen molar-refractivity contribution in [3.63, 3.8) is 0 Å². The maximum absolute atomic E-state index is 4.53. The zero-order valence-corrected chi connectivity index (χ0v) is 12.2. The van der Waals surface area contributed by atoms with E-state index in [1.54, 1.807) is 11.3 Å². The predicted molar refractivity (Wildman–Crippen MR) is 80.9 cm³/mol. The van der Waals surface area contributed by atoms with E-state index in [1.807, 2.05) is 0 Å². The summed E-state index contributed by atoms with van der Waals surface area (Å²) in [4.78, 5) is 6.89. The van der Waals surface area contributed by atoms with Crippen molar-refractivity contribution in [2.24, 2.45) is 0 Å². The van der Waals surface area contributed by atoms with Crippen molar-refractivity contribution in [3.8, 4) is 0 Å². The Morgan fingerprint density at radius 1 is 1.42 bits per heavy atom. The average Bonchev–Trinajstić information content (AvgIpc) is 2.97. The quantitative estimate of drug-likeness (QED) is 0.928. The lowest BCUT2D eigenvalue weighted by molar-refractivity contribution is 0.306. The Kier molecular flexibility index (Phi) is 3.53. The van der Waals surface area contributed by atoms with Crippen LogP contribution in [-0.4, -0.2) is 30.0 Å². The van der Waals surface area contributed by atoms with Crippen molar-refractivity contribution < 1.29 is 0 Å². The number of likely N-dealkylation sites (N-methyl/N-ethyl adjacent to an activating group) is 1. The second-order valence-electron chi connectivity index (χ2n) is 5.22. The van der Waals surface area contributed by atoms with Gasteiger partial charge in [-0.3, -0.25) is 4.90 Å². The average molecular weight is 273 g/mol. The van der Waals surface area contributed by atoms with Gasteiger partial charge in [0.2, 0.25) is 0 Å². The monoisotopic (exact) mass is 273 g/mol. The van der Waals surface area contributed by atoms with Crippen LogP contribution in [0.4, 0.5) is 5.69 Å². The molecule has 3 rings (SSSR count). The molecule has 3 nitrogen and oxygen atoms in total. The number of fused-ring (bicyclic) bond motifs is 1. The van der Waals surface area contributed by atoms with Crippen LogP contribution >= 0.6 is 11.3 Å². The van der Waals surface area contributed by atoms with Crippen LogP contribution in [0.25, 0.3) is 0 Å². The highest BCUT2D eigenvalue weighted by molar-refractivity contribution is 7.09. The molecule has 1 aliphatic heterocycles. The highest BCUT2D eigenvalue weighted by atomic mass is 32.1. The third-order valence-corrected chi connectivity index (χ3v) is 4.39. The molecular weight excluding hydrogens is 254 g/mol. The Morgan fingerprint density at radius 3 is 3.05 bits per heavy atom. The Bertz CT molecular complexity index is 564. The number of benzene rings is 1. The zero-order valence-electron chi connectivity index (χ0n) is 11.4. The number of aromatic nitrogens is 1. The van der Waals surface area contributed by atoms with E-state index in [2.05, 4.69) is 58.8 Å². The van der Waals surface area contributed by atoms with Crippen LogP contribution in [0.5, 0.6) is 0 Å². The van der Waals surface area contributed by atoms with Gasteiger partial charge in [-0.15, -0.1) is 11.3 Å². The predicted octanol–water partition coefficient (Wildman–Crippen LogP) is 3.09. The van der Waals surface area contributed by atoms with E-state index < -0.39 is 0 Å². The molecule has 1 aromatic carbocycles. The molecule has 0 spiro atoms. The number of hydrogen-bond acceptors (Lipinski definition) is 4. The third kappa shape index (κ3) is 2.80. The number of aryl methyl sites for hydroxylation is 1. The summed E-state index contributed by atoms with van der Waals surface area (Å²) in [5, 5.41) is 6.79. The van der Waals surface area contributed by atoms with Gasteiger partial charge < -0.3 is 5.32 Å². The molecule has 1 aromatic heterocycles. The largest absolute Gasteiger partial charge is 0.384 e. The molecule has 0 fully saturated rings. The van der Waals surface area contributed by atoms with Crippen molar-refractivity contribution in [2.75, 3.05) is 25.5 Å². The van der Waals surface area contributed by atoms with Gasteiger partial charge in [-0.25, -0.2) is 4.98 Å². The van der Waals surface area contributed by atoms with E-state index in [0.29, 0.717) is 5.92 Å². The van der Waals surface area contributed by atoms with E-state index in [1.165, 1.54) is 16.9 Å². The number of para-hydroxylation sites is 1. The van der Waals surface area contributed by atoms with E-state index in [-0.39, 0.29) is 0 Å². The molecule has 2 aromatic rings. The summed E-state index contributed by atoms with van der Waals surface area (Å²) >= 11 is 1.73. The SMILES string of the molecule is Cc1nc(CN(C)CC2CNc3ccccc32)cs1. The smallest absolute Gasteiger partial charge is 0.0897 e. The number of thiazole rings is 1. The van der Waals surface area contributed by atoms with Crippen LogP contribution < -0.4 is 5.32 Å². The van der Waals surface area contributed by atoms with E-state index in [4.69, 9.17) is 0 Å². The topological polar surface area (TPSA) is 28.2 Å². The van der Waals surface area contributed by atoms with Crippen molar-refractivity contribution in [3.05, 3.63) is 45.9 Å². The molecule has 0 amide bonds. The molecule has 0 radical (unpaired) electrons. The molecule has 1 unspecified atom stereocenters. The fourth-order valence-electron chi connectivity index (χ4n) is 2.72. The van der Waals surface area contributed by atoms with Gasteiger partial charge in [0, 0.05) is 36.6 Å². The Morgan fingerprint density at radius 2 is 2.26 bits per heavy atom. The molecule has 0 saturated carbocycles. The number of nitrogens with one attached hydrogen (secondary N) is 1. The van der Waals surface area contributed by atoms with Gasteiger partial charge in [-0.05, 0) is 25.6 Å². The molecule has 100 valence electrons. The molecule has 19 heavy (non-hydrogen) atoms. The first-order valence-corrected chi connectivity index (χ1v) is 7.52. The summed E-state index contributed by atoms with van der Waals surface area (Å²) in [6.45, 7) is 5.11. The molecule has 1 aliphatic rings. The number of hydrogen-bond donors (Lipinski definition) is 1. The standard InChI is InChI=1S/C15H19N3S/c1-11-17-13(10-19-11)9-18(2)8-12-7-16-15-6-4-3-5-14(12)15/h3-6,10,12,16H,7-9H2,1-2H3. The van der Waals surface area contributed by atoms with Gasteiger partial charge in [-0.1, -0.05) is 18.2 Å². The Hall–Kier alpha value is -1.39. The van der Waals surface area contributed by atoms with Crippen LogP contribution in [0.2, 0.25) is 0 Å².